The molecular formula is C27H30F3N5O4. The Hall–Kier alpha value is -3.93. The molecule has 2 aromatic rings. The van der Waals surface area contributed by atoms with Gasteiger partial charge in [-0.2, -0.15) is 13.2 Å². The van der Waals surface area contributed by atoms with Crippen LogP contribution >= 0.6 is 0 Å². The minimum Gasteiger partial charge on any atom is -0.369 e. The predicted octanol–water partition coefficient (Wildman–Crippen LogP) is 2.39. The van der Waals surface area contributed by atoms with Crippen molar-refractivity contribution in [3.63, 3.8) is 0 Å². The number of hydrogen-bond donors (Lipinski definition) is 2. The van der Waals surface area contributed by atoms with Gasteiger partial charge in [0, 0.05) is 56.2 Å². The minimum atomic E-state index is -4.42. The molecular weight excluding hydrogens is 515 g/mol. The van der Waals surface area contributed by atoms with E-state index in [-0.39, 0.29) is 37.7 Å². The molecule has 9 nitrogen and oxygen atoms in total. The van der Waals surface area contributed by atoms with E-state index in [2.05, 4.69) is 10.6 Å². The van der Waals surface area contributed by atoms with Gasteiger partial charge in [-0.25, -0.2) is 0 Å². The molecule has 4 rings (SSSR count). The van der Waals surface area contributed by atoms with Gasteiger partial charge in [-0.15, -0.1) is 0 Å². The lowest BCUT2D eigenvalue weighted by atomic mass is 10.1. The average molecular weight is 546 g/mol. The van der Waals surface area contributed by atoms with Crippen molar-refractivity contribution >= 4 is 34.9 Å². The van der Waals surface area contributed by atoms with Crippen molar-refractivity contribution in [3.8, 4) is 0 Å². The summed E-state index contributed by atoms with van der Waals surface area (Å²) in [6.45, 7) is 3.84. The van der Waals surface area contributed by atoms with Crippen LogP contribution in [0.3, 0.4) is 0 Å². The quantitative estimate of drug-likeness (QED) is 0.519. The Morgan fingerprint density at radius 3 is 2.33 bits per heavy atom. The van der Waals surface area contributed by atoms with Crippen molar-refractivity contribution in [2.24, 2.45) is 0 Å². The van der Waals surface area contributed by atoms with Crippen LogP contribution in [0.2, 0.25) is 0 Å². The number of carbonyl (C=O) groups excluding carboxylic acids is 4. The molecule has 2 N–H and O–H groups in total. The molecule has 39 heavy (non-hydrogen) atoms. The molecule has 0 radical (unpaired) electrons. The van der Waals surface area contributed by atoms with Crippen LogP contribution in [0.1, 0.15) is 29.3 Å². The first-order chi connectivity index (χ1) is 18.5. The maximum Gasteiger partial charge on any atom is 0.416 e. The fourth-order valence-corrected chi connectivity index (χ4v) is 4.72. The van der Waals surface area contributed by atoms with E-state index in [9.17, 15) is 32.3 Å². The number of halogens is 3. The second-order valence-electron chi connectivity index (χ2n) is 9.59. The van der Waals surface area contributed by atoms with Crippen LogP contribution in [-0.4, -0.2) is 85.2 Å². The number of ketones is 1. The lowest BCUT2D eigenvalue weighted by Crippen LogP contribution is -2.60. The van der Waals surface area contributed by atoms with E-state index in [1.165, 1.54) is 17.9 Å². The fraction of sp³-hybridized carbons (Fsp3) is 0.407. The summed E-state index contributed by atoms with van der Waals surface area (Å²) in [5, 5.41) is 5.39. The first kappa shape index (κ1) is 28.1. The van der Waals surface area contributed by atoms with E-state index < -0.39 is 29.6 Å². The van der Waals surface area contributed by atoms with Gasteiger partial charge >= 0.3 is 6.18 Å². The van der Waals surface area contributed by atoms with E-state index in [0.717, 1.165) is 12.1 Å². The Kier molecular flexibility index (Phi) is 8.54. The average Bonchev–Trinajstić information content (AvgIpc) is 2.90. The van der Waals surface area contributed by atoms with Gasteiger partial charge in [0.05, 0.1) is 18.5 Å². The van der Waals surface area contributed by atoms with Gasteiger partial charge in [0.2, 0.25) is 17.7 Å². The molecule has 2 aromatic carbocycles. The van der Waals surface area contributed by atoms with Gasteiger partial charge in [-0.05, 0) is 49.4 Å². The van der Waals surface area contributed by atoms with Crippen molar-refractivity contribution in [2.45, 2.75) is 25.6 Å². The molecule has 1 atom stereocenters. The van der Waals surface area contributed by atoms with Gasteiger partial charge in [-0.3, -0.25) is 24.1 Å². The molecule has 12 heteroatoms. The maximum atomic E-state index is 13.2. The van der Waals surface area contributed by atoms with Gasteiger partial charge in [0.15, 0.2) is 5.78 Å². The van der Waals surface area contributed by atoms with E-state index in [4.69, 9.17) is 0 Å². The Morgan fingerprint density at radius 2 is 1.69 bits per heavy atom. The van der Waals surface area contributed by atoms with Crippen LogP contribution in [0.25, 0.3) is 0 Å². The third kappa shape index (κ3) is 7.14. The number of rotatable bonds is 7. The largest absolute Gasteiger partial charge is 0.416 e. The van der Waals surface area contributed by atoms with Crippen molar-refractivity contribution in [3.05, 3.63) is 59.7 Å². The topological polar surface area (TPSA) is 102 Å². The summed E-state index contributed by atoms with van der Waals surface area (Å²) in [4.78, 5) is 55.0. The third-order valence-electron chi connectivity index (χ3n) is 6.87. The zero-order valence-electron chi connectivity index (χ0n) is 21.5. The van der Waals surface area contributed by atoms with Crippen LogP contribution in [-0.2, 0) is 20.6 Å². The number of nitrogens with zero attached hydrogens (tertiary/aromatic N) is 3. The highest BCUT2D eigenvalue weighted by molar-refractivity contribution is 5.98. The van der Waals surface area contributed by atoms with Crippen molar-refractivity contribution in [1.29, 1.82) is 0 Å². The summed E-state index contributed by atoms with van der Waals surface area (Å²) < 4.78 is 39.2. The molecule has 0 bridgehead atoms. The Balaban J connectivity index is 1.32. The standard InChI is InChI=1S/C27H30F3N5O4/c1-18(36)19-5-7-21(8-6-19)32-24(37)16-23-26(39)31-9-10-35(23)25(38)17-33-11-13-34(14-12-33)22-4-2-3-20(15-22)27(28,29)30/h2-8,15,23H,9-14,16-17H2,1H3,(H,31,39)(H,32,37). The number of anilines is 2. The third-order valence-corrected chi connectivity index (χ3v) is 6.87. The summed E-state index contributed by atoms with van der Waals surface area (Å²) in [7, 11) is 0. The molecule has 208 valence electrons. The lowest BCUT2D eigenvalue weighted by Gasteiger charge is -2.39. The molecule has 0 saturated carbocycles. The normalized spacial score (nSPS) is 18.5. The Bertz CT molecular complexity index is 1230. The Morgan fingerprint density at radius 1 is 1.00 bits per heavy atom. The molecule has 3 amide bonds. The van der Waals surface area contributed by atoms with Gasteiger partial charge in [0.1, 0.15) is 6.04 Å². The molecule has 0 spiro atoms. The van der Waals surface area contributed by atoms with Crippen LogP contribution in [0, 0.1) is 0 Å². The number of piperazine rings is 2. The number of Topliss-reactive ketones (excluding diaryl/α,β-unsaturated/α-hetero) is 1. The number of carbonyl (C=O) groups is 4. The summed E-state index contributed by atoms with van der Waals surface area (Å²) >= 11 is 0. The number of nitrogens with one attached hydrogen (secondary N) is 2. The highest BCUT2D eigenvalue weighted by Gasteiger charge is 2.36. The monoisotopic (exact) mass is 545 g/mol. The summed E-state index contributed by atoms with van der Waals surface area (Å²) in [5.74, 6) is -1.25. The first-order valence-electron chi connectivity index (χ1n) is 12.6. The van der Waals surface area contributed by atoms with Crippen molar-refractivity contribution in [2.75, 3.05) is 56.0 Å². The molecule has 2 aliphatic heterocycles. The number of alkyl halides is 3. The number of amides is 3. The smallest absolute Gasteiger partial charge is 0.369 e. The van der Waals surface area contributed by atoms with E-state index in [1.807, 2.05) is 9.80 Å². The number of hydrogen-bond acceptors (Lipinski definition) is 6. The van der Waals surface area contributed by atoms with E-state index >= 15 is 0 Å². The molecule has 2 fully saturated rings. The first-order valence-corrected chi connectivity index (χ1v) is 12.6. The zero-order valence-corrected chi connectivity index (χ0v) is 21.5. The van der Waals surface area contributed by atoms with Crippen LogP contribution < -0.4 is 15.5 Å². The second-order valence-corrected chi connectivity index (χ2v) is 9.59. The SMILES string of the molecule is CC(=O)c1ccc(NC(=O)CC2C(=O)NCCN2C(=O)CN2CCN(c3cccc(C(F)(F)F)c3)CC2)cc1. The summed E-state index contributed by atoms with van der Waals surface area (Å²) in [6, 6.07) is 10.6. The van der Waals surface area contributed by atoms with E-state index in [1.54, 1.807) is 30.3 Å². The van der Waals surface area contributed by atoms with Crippen LogP contribution in [0.5, 0.6) is 0 Å². The van der Waals surface area contributed by atoms with E-state index in [0.29, 0.717) is 43.1 Å². The molecule has 2 aliphatic rings. The zero-order chi connectivity index (χ0) is 28.2. The van der Waals surface area contributed by atoms with Gasteiger partial charge < -0.3 is 20.4 Å². The second kappa shape index (κ2) is 11.9. The Labute approximate surface area is 223 Å². The summed E-state index contributed by atoms with van der Waals surface area (Å²) in [6.07, 6.45) is -4.64. The van der Waals surface area contributed by atoms with Crippen molar-refractivity contribution in [1.82, 2.24) is 15.1 Å². The highest BCUT2D eigenvalue weighted by Crippen LogP contribution is 2.32. The maximum absolute atomic E-state index is 13.2. The summed E-state index contributed by atoms with van der Waals surface area (Å²) in [5.41, 5.74) is 0.750. The lowest BCUT2D eigenvalue weighted by molar-refractivity contribution is -0.145. The van der Waals surface area contributed by atoms with Crippen LogP contribution in [0.15, 0.2) is 48.5 Å². The molecule has 1 unspecified atom stereocenters. The van der Waals surface area contributed by atoms with Crippen molar-refractivity contribution < 1.29 is 32.3 Å². The molecule has 0 aliphatic carbocycles. The predicted molar refractivity (Wildman–Crippen MR) is 138 cm³/mol. The molecule has 2 heterocycles. The fourth-order valence-electron chi connectivity index (χ4n) is 4.72. The molecule has 2 saturated heterocycles. The van der Waals surface area contributed by atoms with Gasteiger partial charge in [-0.1, -0.05) is 6.07 Å². The van der Waals surface area contributed by atoms with Gasteiger partial charge in [0.25, 0.3) is 0 Å². The van der Waals surface area contributed by atoms with Crippen LogP contribution in [0.4, 0.5) is 24.5 Å². The highest BCUT2D eigenvalue weighted by atomic mass is 19.4. The minimum absolute atomic E-state index is 0.0360. The number of benzene rings is 2. The molecule has 0 aromatic heterocycles.